The first-order valence-corrected chi connectivity index (χ1v) is 21.7. The summed E-state index contributed by atoms with van der Waals surface area (Å²) in [7, 11) is 0. The Morgan fingerprint density at radius 3 is 0.879 bits per heavy atom. The number of allylic oxidation sites excluding steroid dienone is 2. The zero-order valence-electron chi connectivity index (χ0n) is 36.4. The summed E-state index contributed by atoms with van der Waals surface area (Å²) in [5.41, 5.74) is 12.3. The predicted molar refractivity (Wildman–Crippen MR) is 253 cm³/mol. The Morgan fingerprint density at radius 2 is 0.638 bits per heavy atom. The molecule has 5 aromatic carbocycles. The molecule has 304 valence electrons. The Labute approximate surface area is 350 Å². The average Bonchev–Trinajstić information content (AvgIpc) is 3.27. The monoisotopic (exact) mass is 775 g/mol. The Balaban J connectivity index is 1.73. The van der Waals surface area contributed by atoms with Crippen LogP contribution in [0.2, 0.25) is 0 Å². The SMILES string of the molecule is CCN(CC)c1ccc(C(=CC(C=C(c2ccc(N(CC)CC)cc2)c2ccc(N(CC)CC)cc2)CC(=O)c2ccccc2)c2ccc(N(CC)CC)cc2)cc1. The summed E-state index contributed by atoms with van der Waals surface area (Å²) in [4.78, 5) is 23.7. The van der Waals surface area contributed by atoms with Crippen molar-refractivity contribution in [2.45, 2.75) is 61.8 Å². The number of carbonyl (C=O) groups excluding carboxylic acids is 1. The van der Waals surface area contributed by atoms with E-state index in [4.69, 9.17) is 0 Å². The number of benzene rings is 5. The summed E-state index contributed by atoms with van der Waals surface area (Å²) in [6, 6.07) is 45.6. The second kappa shape index (κ2) is 21.8. The van der Waals surface area contributed by atoms with Crippen molar-refractivity contribution in [2.24, 2.45) is 5.92 Å². The van der Waals surface area contributed by atoms with Gasteiger partial charge in [-0.2, -0.15) is 0 Å². The number of nitrogens with zero attached hydrogens (tertiary/aromatic N) is 4. The van der Waals surface area contributed by atoms with E-state index in [-0.39, 0.29) is 11.7 Å². The van der Waals surface area contributed by atoms with Gasteiger partial charge >= 0.3 is 0 Å². The molecule has 5 aromatic rings. The van der Waals surface area contributed by atoms with Gasteiger partial charge in [-0.3, -0.25) is 4.79 Å². The average molecular weight is 775 g/mol. The van der Waals surface area contributed by atoms with Crippen LogP contribution in [-0.4, -0.2) is 58.1 Å². The summed E-state index contributed by atoms with van der Waals surface area (Å²) < 4.78 is 0. The van der Waals surface area contributed by atoms with Gasteiger partial charge in [0.05, 0.1) is 0 Å². The summed E-state index contributed by atoms with van der Waals surface area (Å²) >= 11 is 0. The Hall–Kier alpha value is -5.55. The van der Waals surface area contributed by atoms with E-state index in [0.29, 0.717) is 6.42 Å². The van der Waals surface area contributed by atoms with Crippen molar-refractivity contribution < 1.29 is 4.79 Å². The fraction of sp³-hybridized carbons (Fsp3) is 0.340. The molecule has 0 aromatic heterocycles. The van der Waals surface area contributed by atoms with Crippen LogP contribution >= 0.6 is 0 Å². The first-order valence-electron chi connectivity index (χ1n) is 21.7. The summed E-state index contributed by atoms with van der Waals surface area (Å²) in [6.07, 6.45) is 5.02. The zero-order valence-corrected chi connectivity index (χ0v) is 36.4. The van der Waals surface area contributed by atoms with Crippen molar-refractivity contribution in [2.75, 3.05) is 72.0 Å². The molecule has 58 heavy (non-hydrogen) atoms. The summed E-state index contributed by atoms with van der Waals surface area (Å²) in [5, 5.41) is 0. The fourth-order valence-corrected chi connectivity index (χ4v) is 8.03. The quantitative estimate of drug-likeness (QED) is 0.0693. The van der Waals surface area contributed by atoms with Crippen molar-refractivity contribution in [3.63, 3.8) is 0 Å². The number of carbonyl (C=O) groups is 1. The normalized spacial score (nSPS) is 10.9. The Morgan fingerprint density at radius 1 is 0.379 bits per heavy atom. The zero-order chi connectivity index (χ0) is 41.4. The molecule has 5 nitrogen and oxygen atoms in total. The van der Waals surface area contributed by atoms with Crippen LogP contribution < -0.4 is 19.6 Å². The van der Waals surface area contributed by atoms with Crippen LogP contribution in [-0.2, 0) is 0 Å². The topological polar surface area (TPSA) is 30.0 Å². The van der Waals surface area contributed by atoms with Crippen LogP contribution in [0.1, 0.15) is 94.4 Å². The maximum atomic E-state index is 14.2. The molecule has 0 spiro atoms. The van der Waals surface area contributed by atoms with Crippen LogP contribution in [0, 0.1) is 5.92 Å². The molecule has 0 aliphatic carbocycles. The van der Waals surface area contributed by atoms with Crippen molar-refractivity contribution in [1.82, 2.24) is 0 Å². The molecule has 5 heteroatoms. The summed E-state index contributed by atoms with van der Waals surface area (Å²) in [5.74, 6) is -0.0909. The lowest BCUT2D eigenvalue weighted by molar-refractivity contribution is 0.0975. The number of hydrogen-bond acceptors (Lipinski definition) is 5. The van der Waals surface area contributed by atoms with Gasteiger partial charge < -0.3 is 19.6 Å². The first-order chi connectivity index (χ1) is 28.3. The molecule has 0 amide bonds. The van der Waals surface area contributed by atoms with Crippen molar-refractivity contribution in [3.05, 3.63) is 167 Å². The van der Waals surface area contributed by atoms with E-state index in [1.54, 1.807) is 0 Å². The van der Waals surface area contributed by atoms with Gasteiger partial charge in [-0.15, -0.1) is 0 Å². The van der Waals surface area contributed by atoms with E-state index in [0.717, 1.165) is 91.3 Å². The van der Waals surface area contributed by atoms with E-state index in [1.807, 2.05) is 30.3 Å². The molecular weight excluding hydrogens is 709 g/mol. The van der Waals surface area contributed by atoms with Gasteiger partial charge in [0.15, 0.2) is 5.78 Å². The molecule has 0 aliphatic rings. The lowest BCUT2D eigenvalue weighted by atomic mass is 9.87. The molecule has 0 unspecified atom stereocenters. The molecular formula is C53H66N4O. The predicted octanol–water partition coefficient (Wildman–Crippen LogP) is 12.5. The van der Waals surface area contributed by atoms with Gasteiger partial charge in [-0.1, -0.05) is 91.0 Å². The molecule has 5 rings (SSSR count). The van der Waals surface area contributed by atoms with E-state index in [9.17, 15) is 4.79 Å². The molecule has 0 radical (unpaired) electrons. The Kier molecular flexibility index (Phi) is 16.4. The number of hydrogen-bond donors (Lipinski definition) is 0. The lowest BCUT2D eigenvalue weighted by Gasteiger charge is -2.23. The first kappa shape index (κ1) is 43.6. The van der Waals surface area contributed by atoms with Crippen LogP contribution in [0.3, 0.4) is 0 Å². The third-order valence-corrected chi connectivity index (χ3v) is 11.5. The minimum atomic E-state index is -0.215. The molecule has 0 N–H and O–H groups in total. The van der Waals surface area contributed by atoms with Gasteiger partial charge in [-0.25, -0.2) is 0 Å². The lowest BCUT2D eigenvalue weighted by Crippen LogP contribution is -2.21. The van der Waals surface area contributed by atoms with Crippen molar-refractivity contribution in [1.29, 1.82) is 0 Å². The van der Waals surface area contributed by atoms with Crippen molar-refractivity contribution >= 4 is 39.7 Å². The van der Waals surface area contributed by atoms with Gasteiger partial charge in [0, 0.05) is 93.0 Å². The third-order valence-electron chi connectivity index (χ3n) is 11.5. The van der Waals surface area contributed by atoms with E-state index >= 15 is 0 Å². The molecule has 0 aliphatic heterocycles. The smallest absolute Gasteiger partial charge is 0.163 e. The van der Waals surface area contributed by atoms with Crippen LogP contribution in [0.4, 0.5) is 22.7 Å². The molecule has 0 heterocycles. The largest absolute Gasteiger partial charge is 0.372 e. The second-order valence-electron chi connectivity index (χ2n) is 14.7. The van der Waals surface area contributed by atoms with E-state index in [1.165, 1.54) is 22.7 Å². The molecule has 0 saturated heterocycles. The van der Waals surface area contributed by atoms with Gasteiger partial charge in [0.1, 0.15) is 0 Å². The minimum Gasteiger partial charge on any atom is -0.372 e. The van der Waals surface area contributed by atoms with Gasteiger partial charge in [0.2, 0.25) is 0 Å². The molecule has 0 bridgehead atoms. The van der Waals surface area contributed by atoms with E-state index in [2.05, 4.69) is 184 Å². The number of anilines is 4. The number of ketones is 1. The maximum Gasteiger partial charge on any atom is 0.163 e. The standard InChI is InChI=1S/C53H66N4O/c1-9-54(10-2)47-30-22-42(23-31-47)51(43-24-32-48(33-25-43)55(11-3)12-4)38-41(40-53(58)46-20-18-17-19-21-46)39-52(44-26-34-49(35-27-44)56(13-5)14-6)45-28-36-50(37-29-45)57(15-7)16-8/h17-39,41H,9-16,40H2,1-8H3. The number of rotatable bonds is 21. The minimum absolute atomic E-state index is 0.124. The molecule has 0 saturated carbocycles. The Bertz CT molecular complexity index is 1790. The third kappa shape index (κ3) is 10.9. The highest BCUT2D eigenvalue weighted by atomic mass is 16.1. The van der Waals surface area contributed by atoms with E-state index < -0.39 is 0 Å². The highest BCUT2D eigenvalue weighted by Crippen LogP contribution is 2.34. The van der Waals surface area contributed by atoms with Gasteiger partial charge in [0.25, 0.3) is 0 Å². The second-order valence-corrected chi connectivity index (χ2v) is 14.7. The number of Topliss-reactive ketones (excluding diaryl/α,β-unsaturated/α-hetero) is 1. The van der Waals surface area contributed by atoms with Crippen molar-refractivity contribution in [3.8, 4) is 0 Å². The van der Waals surface area contributed by atoms with Crippen LogP contribution in [0.15, 0.2) is 140 Å². The highest BCUT2D eigenvalue weighted by molar-refractivity contribution is 5.97. The maximum absolute atomic E-state index is 14.2. The molecule has 0 atom stereocenters. The van der Waals surface area contributed by atoms with Crippen LogP contribution in [0.25, 0.3) is 11.1 Å². The van der Waals surface area contributed by atoms with Crippen LogP contribution in [0.5, 0.6) is 0 Å². The highest BCUT2D eigenvalue weighted by Gasteiger charge is 2.19. The fourth-order valence-electron chi connectivity index (χ4n) is 8.03. The van der Waals surface area contributed by atoms with Gasteiger partial charge in [-0.05, 0) is 137 Å². The molecule has 0 fully saturated rings. The summed E-state index contributed by atoms with van der Waals surface area (Å²) in [6.45, 7) is 25.2.